The summed E-state index contributed by atoms with van der Waals surface area (Å²) >= 11 is 3.67. The maximum atomic E-state index is 4.69. The van der Waals surface area contributed by atoms with E-state index in [4.69, 9.17) is 0 Å². The van der Waals surface area contributed by atoms with Crippen molar-refractivity contribution in [1.29, 1.82) is 0 Å². The van der Waals surface area contributed by atoms with Gasteiger partial charge in [-0.15, -0.1) is 22.7 Å². The molecule has 5 heteroatoms. The molecule has 0 aliphatic heterocycles. The van der Waals surface area contributed by atoms with Gasteiger partial charge in [-0.3, -0.25) is 4.40 Å². The van der Waals surface area contributed by atoms with Gasteiger partial charge in [-0.25, -0.2) is 4.98 Å². The standard InChI is InChI=1S/C29H17N3S2/c1-5-11-23-18(7-1)19-8-2-6-12-24(19)32(23)26-14-13-25(34-26)28-27-20-9-3-4-10-22(20)31-16-15-30-29(31)21(27)17-33-28/h1-17H. The summed E-state index contributed by atoms with van der Waals surface area (Å²) in [7, 11) is 0. The fraction of sp³-hybridized carbons (Fsp3) is 0. The fourth-order valence-electron chi connectivity index (χ4n) is 5.29. The topological polar surface area (TPSA) is 22.2 Å². The quantitative estimate of drug-likeness (QED) is 0.248. The van der Waals surface area contributed by atoms with Crippen LogP contribution < -0.4 is 0 Å². The molecule has 0 aliphatic carbocycles. The highest BCUT2D eigenvalue weighted by Gasteiger charge is 2.18. The van der Waals surface area contributed by atoms with E-state index in [9.17, 15) is 0 Å². The Morgan fingerprint density at radius 1 is 0.647 bits per heavy atom. The van der Waals surface area contributed by atoms with E-state index in [1.165, 1.54) is 58.2 Å². The number of benzene rings is 3. The first-order valence-corrected chi connectivity index (χ1v) is 12.9. The van der Waals surface area contributed by atoms with Crippen LogP contribution in [0, 0.1) is 0 Å². The number of rotatable bonds is 2. The van der Waals surface area contributed by atoms with Crippen molar-refractivity contribution in [2.75, 3.05) is 0 Å². The predicted molar refractivity (Wildman–Crippen MR) is 146 cm³/mol. The Morgan fingerprint density at radius 2 is 1.32 bits per heavy atom. The highest BCUT2D eigenvalue weighted by Crippen LogP contribution is 2.45. The van der Waals surface area contributed by atoms with E-state index in [2.05, 4.69) is 110 Å². The molecule has 0 fully saturated rings. The van der Waals surface area contributed by atoms with Crippen LogP contribution in [0.5, 0.6) is 0 Å². The van der Waals surface area contributed by atoms with Crippen LogP contribution in [0.3, 0.4) is 0 Å². The van der Waals surface area contributed by atoms with E-state index in [-0.39, 0.29) is 0 Å². The number of imidazole rings is 1. The van der Waals surface area contributed by atoms with Crippen LogP contribution in [0.4, 0.5) is 0 Å². The number of pyridine rings is 1. The highest BCUT2D eigenvalue weighted by molar-refractivity contribution is 7.23. The number of hydrogen-bond donors (Lipinski definition) is 0. The summed E-state index contributed by atoms with van der Waals surface area (Å²) in [6.07, 6.45) is 3.95. The Labute approximate surface area is 202 Å². The highest BCUT2D eigenvalue weighted by atomic mass is 32.1. The molecule has 3 aromatic carbocycles. The third kappa shape index (κ3) is 2.37. The van der Waals surface area contributed by atoms with Gasteiger partial charge in [0.15, 0.2) is 0 Å². The number of thiophene rings is 2. The van der Waals surface area contributed by atoms with Crippen LogP contribution in [0.25, 0.3) is 63.9 Å². The van der Waals surface area contributed by atoms with Crippen LogP contribution in [-0.4, -0.2) is 14.0 Å². The van der Waals surface area contributed by atoms with Gasteiger partial charge >= 0.3 is 0 Å². The summed E-state index contributed by atoms with van der Waals surface area (Å²) in [6.45, 7) is 0. The maximum absolute atomic E-state index is 4.69. The molecule has 0 saturated carbocycles. The summed E-state index contributed by atoms with van der Waals surface area (Å²) in [5.74, 6) is 0. The minimum Gasteiger partial charge on any atom is -0.301 e. The van der Waals surface area contributed by atoms with Gasteiger partial charge in [0, 0.05) is 49.6 Å². The average Bonchev–Trinajstić information content (AvgIpc) is 3.67. The summed E-state index contributed by atoms with van der Waals surface area (Å²) < 4.78 is 4.60. The second-order valence-electron chi connectivity index (χ2n) is 8.50. The summed E-state index contributed by atoms with van der Waals surface area (Å²) in [5, 5.41) is 9.88. The van der Waals surface area contributed by atoms with E-state index in [1.54, 1.807) is 0 Å². The summed E-state index contributed by atoms with van der Waals surface area (Å²) in [5.41, 5.74) is 4.71. The Kier molecular flexibility index (Phi) is 3.69. The minimum atomic E-state index is 1.02. The van der Waals surface area contributed by atoms with Gasteiger partial charge in [-0.2, -0.15) is 0 Å². The molecular formula is C29H17N3S2. The van der Waals surface area contributed by atoms with Crippen LogP contribution in [0.15, 0.2) is 103 Å². The largest absolute Gasteiger partial charge is 0.301 e. The van der Waals surface area contributed by atoms with Gasteiger partial charge in [-0.1, -0.05) is 54.6 Å². The third-order valence-electron chi connectivity index (χ3n) is 6.72. The van der Waals surface area contributed by atoms with Crippen molar-refractivity contribution in [3.05, 3.63) is 103 Å². The molecular weight excluding hydrogens is 454 g/mol. The first-order chi connectivity index (χ1) is 16.9. The van der Waals surface area contributed by atoms with Crippen molar-refractivity contribution in [1.82, 2.24) is 14.0 Å². The second-order valence-corrected chi connectivity index (χ2v) is 10.4. The van der Waals surface area contributed by atoms with E-state index in [0.29, 0.717) is 0 Å². The lowest BCUT2D eigenvalue weighted by Crippen LogP contribution is -1.89. The number of aromatic nitrogens is 3. The van der Waals surface area contributed by atoms with E-state index < -0.39 is 0 Å². The normalized spacial score (nSPS) is 12.1. The molecule has 0 saturated heterocycles. The van der Waals surface area contributed by atoms with Gasteiger partial charge in [-0.05, 0) is 30.3 Å². The van der Waals surface area contributed by atoms with Gasteiger partial charge in [0.05, 0.1) is 21.4 Å². The predicted octanol–water partition coefficient (Wildman–Crippen LogP) is 8.53. The fourth-order valence-corrected chi connectivity index (χ4v) is 7.52. The second kappa shape index (κ2) is 6.79. The molecule has 8 rings (SSSR count). The molecule has 5 heterocycles. The van der Waals surface area contributed by atoms with E-state index >= 15 is 0 Å². The zero-order valence-electron chi connectivity index (χ0n) is 18.0. The number of para-hydroxylation sites is 3. The van der Waals surface area contributed by atoms with Crippen LogP contribution in [0.1, 0.15) is 0 Å². The van der Waals surface area contributed by atoms with Gasteiger partial charge < -0.3 is 4.57 Å². The smallest absolute Gasteiger partial charge is 0.145 e. The lowest BCUT2D eigenvalue weighted by atomic mass is 10.1. The van der Waals surface area contributed by atoms with Crippen LogP contribution >= 0.6 is 22.7 Å². The minimum absolute atomic E-state index is 1.02. The summed E-state index contributed by atoms with van der Waals surface area (Å²) in [4.78, 5) is 7.29. The van der Waals surface area contributed by atoms with Crippen molar-refractivity contribution >= 4 is 71.8 Å². The van der Waals surface area contributed by atoms with Gasteiger partial charge in [0.25, 0.3) is 0 Å². The molecule has 0 unspecified atom stereocenters. The van der Waals surface area contributed by atoms with E-state index in [0.717, 1.165) is 5.65 Å². The Bertz CT molecular complexity index is 1980. The first kappa shape index (κ1) is 18.5. The van der Waals surface area contributed by atoms with Crippen molar-refractivity contribution in [3.8, 4) is 14.8 Å². The Morgan fingerprint density at radius 3 is 2.09 bits per heavy atom. The molecule has 5 aromatic heterocycles. The van der Waals surface area contributed by atoms with Crippen molar-refractivity contribution in [2.45, 2.75) is 0 Å². The maximum Gasteiger partial charge on any atom is 0.145 e. The molecule has 8 aromatic rings. The number of hydrogen-bond acceptors (Lipinski definition) is 3. The monoisotopic (exact) mass is 471 g/mol. The lowest BCUT2D eigenvalue weighted by molar-refractivity contribution is 1.22. The van der Waals surface area contributed by atoms with Crippen LogP contribution in [0.2, 0.25) is 0 Å². The SMILES string of the molecule is c1ccc2c(c1)c1ccccc1n2-c1ccc(-c2scc3c2c2ccccc2n2ccnc32)s1. The van der Waals surface area contributed by atoms with E-state index in [1.807, 2.05) is 28.9 Å². The third-order valence-corrected chi connectivity index (χ3v) is 8.95. The molecule has 0 bridgehead atoms. The van der Waals surface area contributed by atoms with Crippen molar-refractivity contribution in [3.63, 3.8) is 0 Å². The molecule has 0 atom stereocenters. The molecule has 0 aliphatic rings. The Hall–Kier alpha value is -3.93. The molecule has 3 nitrogen and oxygen atoms in total. The summed E-state index contributed by atoms with van der Waals surface area (Å²) in [6, 6.07) is 30.6. The number of fused-ring (bicyclic) bond motifs is 9. The molecule has 0 N–H and O–H groups in total. The molecule has 0 radical (unpaired) electrons. The van der Waals surface area contributed by atoms with Gasteiger partial charge in [0.2, 0.25) is 0 Å². The van der Waals surface area contributed by atoms with Crippen molar-refractivity contribution < 1.29 is 0 Å². The average molecular weight is 472 g/mol. The number of nitrogens with zero attached hydrogens (tertiary/aromatic N) is 3. The zero-order valence-corrected chi connectivity index (χ0v) is 19.6. The molecule has 34 heavy (non-hydrogen) atoms. The molecule has 0 amide bonds. The zero-order chi connectivity index (χ0) is 22.2. The lowest BCUT2D eigenvalue weighted by Gasteiger charge is -2.06. The Balaban J connectivity index is 1.41. The molecule has 0 spiro atoms. The van der Waals surface area contributed by atoms with Gasteiger partial charge in [0.1, 0.15) is 10.6 Å². The molecule has 160 valence electrons. The van der Waals surface area contributed by atoms with Crippen LogP contribution in [-0.2, 0) is 0 Å². The van der Waals surface area contributed by atoms with Crippen molar-refractivity contribution in [2.24, 2.45) is 0 Å². The first-order valence-electron chi connectivity index (χ1n) is 11.2.